The zero-order valence-electron chi connectivity index (χ0n) is 11.1. The molecule has 0 saturated carbocycles. The molecule has 0 unspecified atom stereocenters. The first-order valence-corrected chi connectivity index (χ1v) is 7.16. The number of aromatic amines is 1. The Balaban J connectivity index is 2.18. The van der Waals surface area contributed by atoms with Crippen molar-refractivity contribution in [3.8, 4) is 17.2 Å². The van der Waals surface area contributed by atoms with Crippen molar-refractivity contribution in [2.45, 2.75) is 10.4 Å². The van der Waals surface area contributed by atoms with Crippen LogP contribution in [0.4, 0.5) is 13.2 Å². The summed E-state index contributed by atoms with van der Waals surface area (Å²) in [4.78, 5) is 3.17. The van der Waals surface area contributed by atoms with Gasteiger partial charge in [0.15, 0.2) is 0 Å². The normalized spacial score (nSPS) is 11.5. The monoisotopic (exact) mass is 318 g/mol. The van der Waals surface area contributed by atoms with Gasteiger partial charge in [0, 0.05) is 27.6 Å². The number of benzene rings is 2. The number of nitrogens with zero attached hydrogens (tertiary/aromatic N) is 1. The van der Waals surface area contributed by atoms with E-state index < -0.39 is 5.51 Å². The lowest BCUT2D eigenvalue weighted by molar-refractivity contribution is -0.0327. The molecular weight excluding hydrogens is 309 g/mol. The van der Waals surface area contributed by atoms with Gasteiger partial charge in [-0.2, -0.15) is 18.4 Å². The van der Waals surface area contributed by atoms with E-state index in [1.807, 2.05) is 6.07 Å². The van der Waals surface area contributed by atoms with E-state index in [0.717, 1.165) is 10.9 Å². The van der Waals surface area contributed by atoms with E-state index in [0.29, 0.717) is 16.7 Å². The Morgan fingerprint density at radius 3 is 2.55 bits per heavy atom. The van der Waals surface area contributed by atoms with E-state index in [4.69, 9.17) is 5.26 Å². The summed E-state index contributed by atoms with van der Waals surface area (Å²) in [5.41, 5.74) is -1.96. The largest absolute Gasteiger partial charge is 0.446 e. The van der Waals surface area contributed by atoms with Crippen LogP contribution in [0.1, 0.15) is 5.56 Å². The fourth-order valence-corrected chi connectivity index (χ4v) is 3.00. The van der Waals surface area contributed by atoms with Crippen molar-refractivity contribution in [3.05, 3.63) is 54.2 Å². The van der Waals surface area contributed by atoms with Gasteiger partial charge >= 0.3 is 5.51 Å². The number of nitriles is 1. The average molecular weight is 318 g/mol. The van der Waals surface area contributed by atoms with Gasteiger partial charge in [0.2, 0.25) is 0 Å². The van der Waals surface area contributed by atoms with E-state index in [9.17, 15) is 13.2 Å². The molecule has 0 atom stereocenters. The Kier molecular flexibility index (Phi) is 3.59. The summed E-state index contributed by atoms with van der Waals surface area (Å²) in [5, 5.41) is 9.72. The van der Waals surface area contributed by atoms with Gasteiger partial charge in [0.05, 0.1) is 11.6 Å². The topological polar surface area (TPSA) is 39.6 Å². The second-order valence-electron chi connectivity index (χ2n) is 4.62. The Labute approximate surface area is 128 Å². The molecule has 0 fully saturated rings. The molecule has 0 amide bonds. The van der Waals surface area contributed by atoms with Gasteiger partial charge in [-0.05, 0) is 41.6 Å². The van der Waals surface area contributed by atoms with Crippen molar-refractivity contribution in [2.24, 2.45) is 0 Å². The maximum absolute atomic E-state index is 12.7. The number of aromatic nitrogens is 1. The molecule has 22 heavy (non-hydrogen) atoms. The Bertz CT molecular complexity index is 875. The molecule has 0 aliphatic rings. The fourth-order valence-electron chi connectivity index (χ4n) is 2.32. The predicted molar refractivity (Wildman–Crippen MR) is 80.4 cm³/mol. The number of rotatable bonds is 2. The zero-order valence-corrected chi connectivity index (χ0v) is 11.9. The highest BCUT2D eigenvalue weighted by atomic mass is 32.2. The summed E-state index contributed by atoms with van der Waals surface area (Å²) in [6, 6.07) is 13.5. The summed E-state index contributed by atoms with van der Waals surface area (Å²) >= 11 is -0.135. The van der Waals surface area contributed by atoms with Crippen LogP contribution in [0.2, 0.25) is 0 Å². The van der Waals surface area contributed by atoms with Crippen LogP contribution in [0.3, 0.4) is 0 Å². The van der Waals surface area contributed by atoms with Gasteiger partial charge in [-0.1, -0.05) is 18.2 Å². The lowest BCUT2D eigenvalue weighted by Gasteiger charge is -2.10. The molecule has 6 heteroatoms. The third-order valence-electron chi connectivity index (χ3n) is 3.21. The second-order valence-corrected chi connectivity index (χ2v) is 5.73. The number of nitrogens with one attached hydrogen (secondary N) is 1. The summed E-state index contributed by atoms with van der Waals surface area (Å²) in [6.45, 7) is 0. The SMILES string of the molecule is N#Cc1ccc2[nH]cc(-c3ccccc3SC(F)(F)F)c2c1. The molecule has 1 aromatic heterocycles. The van der Waals surface area contributed by atoms with E-state index in [2.05, 4.69) is 4.98 Å². The molecule has 3 aromatic rings. The molecule has 0 radical (unpaired) electrons. The first-order chi connectivity index (χ1) is 10.5. The lowest BCUT2D eigenvalue weighted by Crippen LogP contribution is -1.99. The predicted octanol–water partition coefficient (Wildman–Crippen LogP) is 5.32. The molecule has 2 nitrogen and oxygen atoms in total. The first-order valence-electron chi connectivity index (χ1n) is 6.34. The average Bonchev–Trinajstić information content (AvgIpc) is 2.89. The number of halogens is 3. The van der Waals surface area contributed by atoms with Crippen LogP contribution in [-0.4, -0.2) is 10.5 Å². The molecule has 0 aliphatic heterocycles. The van der Waals surface area contributed by atoms with Gasteiger partial charge in [0.1, 0.15) is 0 Å². The van der Waals surface area contributed by atoms with Crippen LogP contribution >= 0.6 is 11.8 Å². The summed E-state index contributed by atoms with van der Waals surface area (Å²) < 4.78 is 38.1. The van der Waals surface area contributed by atoms with Crippen LogP contribution in [0.25, 0.3) is 22.0 Å². The van der Waals surface area contributed by atoms with Crippen LogP contribution < -0.4 is 0 Å². The first kappa shape index (κ1) is 14.5. The minimum Gasteiger partial charge on any atom is -0.361 e. The van der Waals surface area contributed by atoms with Gasteiger partial charge in [0.25, 0.3) is 0 Å². The summed E-state index contributed by atoms with van der Waals surface area (Å²) in [7, 11) is 0. The zero-order chi connectivity index (χ0) is 15.7. The smallest absolute Gasteiger partial charge is 0.361 e. The maximum atomic E-state index is 12.7. The molecule has 1 heterocycles. The highest BCUT2D eigenvalue weighted by Crippen LogP contribution is 2.43. The van der Waals surface area contributed by atoms with Crippen LogP contribution in [0.15, 0.2) is 53.6 Å². The van der Waals surface area contributed by atoms with Crippen molar-refractivity contribution in [2.75, 3.05) is 0 Å². The third kappa shape index (κ3) is 2.81. The van der Waals surface area contributed by atoms with Gasteiger partial charge in [-0.25, -0.2) is 0 Å². The van der Waals surface area contributed by atoms with Crippen molar-refractivity contribution in [1.29, 1.82) is 5.26 Å². The lowest BCUT2D eigenvalue weighted by atomic mass is 10.0. The number of thioether (sulfide) groups is 1. The Morgan fingerprint density at radius 1 is 1.05 bits per heavy atom. The highest BCUT2D eigenvalue weighted by molar-refractivity contribution is 8.00. The van der Waals surface area contributed by atoms with E-state index in [-0.39, 0.29) is 16.7 Å². The molecule has 2 aromatic carbocycles. The number of hydrogen-bond donors (Lipinski definition) is 1. The minimum absolute atomic E-state index is 0.135. The van der Waals surface area contributed by atoms with E-state index in [1.165, 1.54) is 6.07 Å². The molecule has 0 aliphatic carbocycles. The molecule has 1 N–H and O–H groups in total. The molecule has 0 saturated heterocycles. The summed E-state index contributed by atoms with van der Waals surface area (Å²) in [5.74, 6) is 0. The standard InChI is InChI=1S/C16H9F3N2S/c17-16(18,19)22-15-4-2-1-3-11(15)13-9-21-14-6-5-10(8-20)7-12(13)14/h1-7,9,21H. The molecule has 110 valence electrons. The Morgan fingerprint density at radius 2 is 1.82 bits per heavy atom. The van der Waals surface area contributed by atoms with Crippen LogP contribution in [-0.2, 0) is 0 Å². The highest BCUT2D eigenvalue weighted by Gasteiger charge is 2.30. The third-order valence-corrected chi connectivity index (χ3v) is 4.02. The number of H-pyrrole nitrogens is 1. The van der Waals surface area contributed by atoms with Crippen LogP contribution in [0, 0.1) is 11.3 Å². The molecular formula is C16H9F3N2S. The van der Waals surface area contributed by atoms with Gasteiger partial charge in [-0.3, -0.25) is 0 Å². The molecule has 3 rings (SSSR count). The second kappa shape index (κ2) is 5.43. The van der Waals surface area contributed by atoms with Crippen molar-refractivity contribution in [3.63, 3.8) is 0 Å². The minimum atomic E-state index is -4.35. The summed E-state index contributed by atoms with van der Waals surface area (Å²) in [6.07, 6.45) is 1.67. The van der Waals surface area contributed by atoms with E-state index in [1.54, 1.807) is 42.6 Å². The molecule has 0 bridgehead atoms. The van der Waals surface area contributed by atoms with Crippen LogP contribution in [0.5, 0.6) is 0 Å². The van der Waals surface area contributed by atoms with Gasteiger partial charge < -0.3 is 4.98 Å². The van der Waals surface area contributed by atoms with Crippen molar-refractivity contribution >= 4 is 22.7 Å². The number of hydrogen-bond acceptors (Lipinski definition) is 2. The maximum Gasteiger partial charge on any atom is 0.446 e. The number of alkyl halides is 3. The fraction of sp³-hybridized carbons (Fsp3) is 0.0625. The van der Waals surface area contributed by atoms with Crippen molar-refractivity contribution in [1.82, 2.24) is 4.98 Å². The molecule has 0 spiro atoms. The number of fused-ring (bicyclic) bond motifs is 1. The van der Waals surface area contributed by atoms with E-state index >= 15 is 0 Å². The Hall–Kier alpha value is -2.39. The van der Waals surface area contributed by atoms with Crippen molar-refractivity contribution < 1.29 is 13.2 Å². The van der Waals surface area contributed by atoms with Gasteiger partial charge in [-0.15, -0.1) is 0 Å². The quantitative estimate of drug-likeness (QED) is 0.650.